The first-order valence-electron chi connectivity index (χ1n) is 7.34. The molecule has 1 N–H and O–H groups in total. The maximum absolute atomic E-state index is 12.4. The smallest absolute Gasteiger partial charge is 0.305 e. The van der Waals surface area contributed by atoms with Crippen LogP contribution in [0.2, 0.25) is 0 Å². The van der Waals surface area contributed by atoms with Gasteiger partial charge in [-0.3, -0.25) is 19.3 Å². The molecule has 7 heteroatoms. The third-order valence-electron chi connectivity index (χ3n) is 3.70. The number of carbonyl (C=O) groups is 3. The number of anilines is 1. The Balaban J connectivity index is 2.18. The summed E-state index contributed by atoms with van der Waals surface area (Å²) in [5, 5.41) is 8.68. The number of aryl methyl sites for hydroxylation is 1. The summed E-state index contributed by atoms with van der Waals surface area (Å²) in [7, 11) is 1.52. The van der Waals surface area contributed by atoms with Gasteiger partial charge < -0.3 is 14.7 Å². The third-order valence-corrected chi connectivity index (χ3v) is 3.70. The van der Waals surface area contributed by atoms with Gasteiger partial charge in [-0.25, -0.2) is 0 Å². The Kier molecular flexibility index (Phi) is 4.88. The lowest BCUT2D eigenvalue weighted by atomic mass is 10.1. The lowest BCUT2D eigenvalue weighted by Gasteiger charge is -2.33. The van der Waals surface area contributed by atoms with Crippen molar-refractivity contribution in [3.05, 3.63) is 23.8 Å². The van der Waals surface area contributed by atoms with E-state index in [1.807, 2.05) is 13.0 Å². The predicted molar refractivity (Wildman–Crippen MR) is 83.5 cm³/mol. The lowest BCUT2D eigenvalue weighted by molar-refractivity contribution is -0.138. The molecule has 1 aromatic rings. The molecule has 2 amide bonds. The van der Waals surface area contributed by atoms with E-state index < -0.39 is 12.1 Å². The summed E-state index contributed by atoms with van der Waals surface area (Å²) in [4.78, 5) is 37.9. The molecule has 124 valence electrons. The Bertz CT molecular complexity index is 643. The number of carbonyl (C=O) groups excluding carboxylic acids is 2. The average Bonchev–Trinajstić information content (AvgIpc) is 2.49. The minimum atomic E-state index is -0.971. The summed E-state index contributed by atoms with van der Waals surface area (Å²) in [6, 6.07) is 5.45. The second kappa shape index (κ2) is 6.68. The third kappa shape index (κ3) is 3.80. The zero-order chi connectivity index (χ0) is 17.1. The molecule has 0 saturated carbocycles. The molecule has 0 spiro atoms. The van der Waals surface area contributed by atoms with Gasteiger partial charge in [-0.05, 0) is 31.5 Å². The summed E-state index contributed by atoms with van der Waals surface area (Å²) in [6.07, 6.45) is -0.798. The summed E-state index contributed by atoms with van der Waals surface area (Å²) in [5.74, 6) is -1.02. The monoisotopic (exact) mass is 320 g/mol. The van der Waals surface area contributed by atoms with Crippen LogP contribution in [0.5, 0.6) is 5.75 Å². The first-order chi connectivity index (χ1) is 10.8. The number of nitrogens with zero attached hydrogens (tertiary/aromatic N) is 2. The minimum absolute atomic E-state index is 0.100. The van der Waals surface area contributed by atoms with Crippen molar-refractivity contribution in [1.29, 1.82) is 0 Å². The minimum Gasteiger partial charge on any atom is -0.481 e. The summed E-state index contributed by atoms with van der Waals surface area (Å²) >= 11 is 0. The lowest BCUT2D eigenvalue weighted by Crippen LogP contribution is -2.49. The zero-order valence-corrected chi connectivity index (χ0v) is 13.4. The maximum atomic E-state index is 12.4. The van der Waals surface area contributed by atoms with E-state index in [1.54, 1.807) is 19.1 Å². The Morgan fingerprint density at radius 3 is 2.74 bits per heavy atom. The Labute approximate surface area is 134 Å². The van der Waals surface area contributed by atoms with Crippen molar-refractivity contribution in [3.63, 3.8) is 0 Å². The molecule has 1 aromatic carbocycles. The quantitative estimate of drug-likeness (QED) is 0.876. The number of benzene rings is 1. The van der Waals surface area contributed by atoms with E-state index in [4.69, 9.17) is 9.84 Å². The summed E-state index contributed by atoms with van der Waals surface area (Å²) in [6.45, 7) is 3.49. The fourth-order valence-corrected chi connectivity index (χ4v) is 2.32. The second-order valence-corrected chi connectivity index (χ2v) is 5.61. The first-order valence-corrected chi connectivity index (χ1v) is 7.34. The predicted octanol–water partition coefficient (Wildman–Crippen LogP) is 1.04. The molecule has 1 aliphatic rings. The molecular weight excluding hydrogens is 300 g/mol. The van der Waals surface area contributed by atoms with Crippen LogP contribution in [0.3, 0.4) is 0 Å². The van der Waals surface area contributed by atoms with E-state index in [-0.39, 0.29) is 31.3 Å². The van der Waals surface area contributed by atoms with Crippen molar-refractivity contribution in [3.8, 4) is 5.75 Å². The first kappa shape index (κ1) is 16.8. The van der Waals surface area contributed by atoms with Gasteiger partial charge in [-0.1, -0.05) is 6.07 Å². The van der Waals surface area contributed by atoms with Gasteiger partial charge in [0.05, 0.1) is 12.1 Å². The van der Waals surface area contributed by atoms with E-state index in [1.165, 1.54) is 16.8 Å². The van der Waals surface area contributed by atoms with Crippen LogP contribution in [0.25, 0.3) is 0 Å². The maximum Gasteiger partial charge on any atom is 0.305 e. The van der Waals surface area contributed by atoms with Crippen LogP contribution in [-0.2, 0) is 14.4 Å². The van der Waals surface area contributed by atoms with Crippen LogP contribution in [-0.4, -0.2) is 54.0 Å². The highest BCUT2D eigenvalue weighted by Gasteiger charge is 2.33. The van der Waals surface area contributed by atoms with Gasteiger partial charge in [-0.15, -0.1) is 0 Å². The highest BCUT2D eigenvalue weighted by Crippen LogP contribution is 2.34. The van der Waals surface area contributed by atoms with E-state index in [0.717, 1.165) is 5.56 Å². The van der Waals surface area contributed by atoms with Crippen LogP contribution in [0, 0.1) is 6.92 Å². The largest absolute Gasteiger partial charge is 0.481 e. The number of likely N-dealkylation sites (N-methyl/N-ethyl adjacent to an activating group) is 1. The highest BCUT2D eigenvalue weighted by molar-refractivity contribution is 6.03. The highest BCUT2D eigenvalue weighted by atomic mass is 16.5. The number of carboxylic acids is 1. The van der Waals surface area contributed by atoms with E-state index in [0.29, 0.717) is 11.4 Å². The van der Waals surface area contributed by atoms with Gasteiger partial charge in [0, 0.05) is 13.6 Å². The van der Waals surface area contributed by atoms with Crippen LogP contribution in [0.1, 0.15) is 18.9 Å². The SMILES string of the molecule is Cc1ccc2c(c1)N(CC(=O)N(C)CCC(=O)O)C(=O)C(C)O2. The van der Waals surface area contributed by atoms with Crippen molar-refractivity contribution in [2.45, 2.75) is 26.4 Å². The Morgan fingerprint density at radius 2 is 2.09 bits per heavy atom. The standard InChI is InChI=1S/C16H20N2O5/c1-10-4-5-13-12(8-10)18(16(22)11(2)23-13)9-14(19)17(3)7-6-15(20)21/h4-5,8,11H,6-7,9H2,1-3H3,(H,20,21). The van der Waals surface area contributed by atoms with Gasteiger partial charge >= 0.3 is 5.97 Å². The molecule has 0 radical (unpaired) electrons. The fourth-order valence-electron chi connectivity index (χ4n) is 2.32. The molecule has 1 atom stereocenters. The van der Waals surface area contributed by atoms with E-state index in [2.05, 4.69) is 0 Å². The van der Waals surface area contributed by atoms with Gasteiger partial charge in [0.15, 0.2) is 6.10 Å². The zero-order valence-electron chi connectivity index (χ0n) is 13.4. The molecule has 7 nitrogen and oxygen atoms in total. The van der Waals surface area contributed by atoms with Gasteiger partial charge in [-0.2, -0.15) is 0 Å². The topological polar surface area (TPSA) is 87.2 Å². The van der Waals surface area contributed by atoms with Crippen molar-refractivity contribution in [2.24, 2.45) is 0 Å². The van der Waals surface area contributed by atoms with Crippen LogP contribution < -0.4 is 9.64 Å². The molecule has 23 heavy (non-hydrogen) atoms. The number of amides is 2. The molecule has 1 unspecified atom stereocenters. The molecule has 0 saturated heterocycles. The molecule has 0 aromatic heterocycles. The number of aliphatic carboxylic acids is 1. The van der Waals surface area contributed by atoms with Crippen molar-refractivity contribution in [1.82, 2.24) is 4.90 Å². The number of fused-ring (bicyclic) bond motifs is 1. The summed E-state index contributed by atoms with van der Waals surface area (Å²) < 4.78 is 5.56. The van der Waals surface area contributed by atoms with E-state index >= 15 is 0 Å². The number of rotatable bonds is 5. The number of carboxylic acid groups (broad SMARTS) is 1. The number of hydrogen-bond donors (Lipinski definition) is 1. The van der Waals surface area contributed by atoms with Gasteiger partial charge in [0.25, 0.3) is 5.91 Å². The Hall–Kier alpha value is -2.57. The summed E-state index contributed by atoms with van der Waals surface area (Å²) in [5.41, 5.74) is 1.51. The molecular formula is C16H20N2O5. The molecule has 1 heterocycles. The molecule has 0 bridgehead atoms. The van der Waals surface area contributed by atoms with Crippen molar-refractivity contribution >= 4 is 23.5 Å². The second-order valence-electron chi connectivity index (χ2n) is 5.61. The molecule has 2 rings (SSSR count). The molecule has 0 fully saturated rings. The molecule has 1 aliphatic heterocycles. The van der Waals surface area contributed by atoms with E-state index in [9.17, 15) is 14.4 Å². The van der Waals surface area contributed by atoms with Crippen LogP contribution in [0.4, 0.5) is 5.69 Å². The van der Waals surface area contributed by atoms with Gasteiger partial charge in [0.1, 0.15) is 12.3 Å². The number of ether oxygens (including phenoxy) is 1. The van der Waals surface area contributed by atoms with Crippen molar-refractivity contribution in [2.75, 3.05) is 25.0 Å². The van der Waals surface area contributed by atoms with Crippen LogP contribution in [0.15, 0.2) is 18.2 Å². The van der Waals surface area contributed by atoms with Crippen molar-refractivity contribution < 1.29 is 24.2 Å². The van der Waals surface area contributed by atoms with Crippen LogP contribution >= 0.6 is 0 Å². The fraction of sp³-hybridized carbons (Fsp3) is 0.438. The van der Waals surface area contributed by atoms with Gasteiger partial charge in [0.2, 0.25) is 5.91 Å². The Morgan fingerprint density at radius 1 is 1.39 bits per heavy atom. The normalized spacial score (nSPS) is 16.6. The number of hydrogen-bond acceptors (Lipinski definition) is 4. The average molecular weight is 320 g/mol. The molecule has 0 aliphatic carbocycles.